The first-order valence-corrected chi connectivity index (χ1v) is 7.31. The molecular formula is C13H14N4O3S. The molecule has 110 valence electrons. The number of hydrogen-bond donors (Lipinski definition) is 2. The molecule has 0 aliphatic rings. The van der Waals surface area contributed by atoms with Crippen molar-refractivity contribution in [3.8, 4) is 0 Å². The van der Waals surface area contributed by atoms with Crippen molar-refractivity contribution < 1.29 is 14.1 Å². The van der Waals surface area contributed by atoms with E-state index in [1.807, 2.05) is 0 Å². The molecule has 0 bridgehead atoms. The molecular weight excluding hydrogens is 292 g/mol. The highest BCUT2D eigenvalue weighted by molar-refractivity contribution is 8.00. The van der Waals surface area contributed by atoms with Crippen LogP contribution < -0.4 is 10.6 Å². The minimum Gasteiger partial charge on any atom is -0.360 e. The van der Waals surface area contributed by atoms with Gasteiger partial charge in [-0.05, 0) is 19.1 Å². The summed E-state index contributed by atoms with van der Waals surface area (Å²) in [5.41, 5.74) is 0. The number of aryl methyl sites for hydroxylation is 1. The molecule has 0 aliphatic carbocycles. The monoisotopic (exact) mass is 306 g/mol. The van der Waals surface area contributed by atoms with Crippen LogP contribution in [0.15, 0.2) is 35.0 Å². The summed E-state index contributed by atoms with van der Waals surface area (Å²) in [6.45, 7) is 1.74. The fourth-order valence-corrected chi connectivity index (χ4v) is 2.07. The molecule has 2 aromatic rings. The lowest BCUT2D eigenvalue weighted by atomic mass is 10.4. The Labute approximate surface area is 125 Å². The third-order valence-corrected chi connectivity index (χ3v) is 3.23. The molecule has 2 heterocycles. The van der Waals surface area contributed by atoms with Gasteiger partial charge < -0.3 is 15.2 Å². The largest absolute Gasteiger partial charge is 0.360 e. The molecule has 21 heavy (non-hydrogen) atoms. The van der Waals surface area contributed by atoms with E-state index in [1.54, 1.807) is 37.4 Å². The normalized spacial score (nSPS) is 10.1. The van der Waals surface area contributed by atoms with Gasteiger partial charge in [0.2, 0.25) is 11.8 Å². The molecule has 0 saturated carbocycles. The van der Waals surface area contributed by atoms with Gasteiger partial charge in [-0.2, -0.15) is 0 Å². The van der Waals surface area contributed by atoms with E-state index in [0.717, 1.165) is 0 Å². The number of rotatable bonds is 6. The summed E-state index contributed by atoms with van der Waals surface area (Å²) in [7, 11) is 0. The van der Waals surface area contributed by atoms with Crippen molar-refractivity contribution in [3.05, 3.63) is 36.2 Å². The summed E-state index contributed by atoms with van der Waals surface area (Å²) >= 11 is 1.20. The Morgan fingerprint density at radius 3 is 2.48 bits per heavy atom. The van der Waals surface area contributed by atoms with Crippen molar-refractivity contribution in [2.75, 3.05) is 22.1 Å². The number of aromatic nitrogens is 2. The predicted octanol–water partition coefficient (Wildman–Crippen LogP) is 1.69. The van der Waals surface area contributed by atoms with Crippen molar-refractivity contribution in [2.24, 2.45) is 0 Å². The predicted molar refractivity (Wildman–Crippen MR) is 80.1 cm³/mol. The first-order chi connectivity index (χ1) is 10.1. The van der Waals surface area contributed by atoms with Crippen LogP contribution in [0.25, 0.3) is 0 Å². The smallest absolute Gasteiger partial charge is 0.235 e. The Kier molecular flexibility index (Phi) is 5.33. The molecule has 2 rings (SSSR count). The number of nitrogens with zero attached hydrogens (tertiary/aromatic N) is 2. The second-order valence-electron chi connectivity index (χ2n) is 4.13. The molecule has 0 aliphatic heterocycles. The SMILES string of the molecule is Cc1cc(NC(=O)CSCC(=O)Nc2ccccn2)no1. The summed E-state index contributed by atoms with van der Waals surface area (Å²) in [5, 5.41) is 8.87. The molecule has 0 aromatic carbocycles. The van der Waals surface area contributed by atoms with E-state index in [1.165, 1.54) is 11.8 Å². The summed E-state index contributed by atoms with van der Waals surface area (Å²) in [6, 6.07) is 6.86. The maximum Gasteiger partial charge on any atom is 0.235 e. The van der Waals surface area contributed by atoms with Crippen molar-refractivity contribution in [1.82, 2.24) is 10.1 Å². The van der Waals surface area contributed by atoms with Crippen LogP contribution >= 0.6 is 11.8 Å². The van der Waals surface area contributed by atoms with Crippen LogP contribution in [0.2, 0.25) is 0 Å². The van der Waals surface area contributed by atoms with Gasteiger partial charge in [0.1, 0.15) is 11.6 Å². The Bertz CT molecular complexity index is 615. The minimum atomic E-state index is -0.237. The minimum absolute atomic E-state index is 0.154. The van der Waals surface area contributed by atoms with E-state index < -0.39 is 0 Å². The van der Waals surface area contributed by atoms with Gasteiger partial charge in [-0.15, -0.1) is 11.8 Å². The molecule has 8 heteroatoms. The maximum atomic E-state index is 11.6. The zero-order chi connectivity index (χ0) is 15.1. The van der Waals surface area contributed by atoms with Gasteiger partial charge in [0.25, 0.3) is 0 Å². The zero-order valence-electron chi connectivity index (χ0n) is 11.3. The average Bonchev–Trinajstić information content (AvgIpc) is 2.85. The lowest BCUT2D eigenvalue weighted by Crippen LogP contribution is -2.18. The number of pyridine rings is 1. The number of carbonyl (C=O) groups is 2. The molecule has 2 N–H and O–H groups in total. The summed E-state index contributed by atoms with van der Waals surface area (Å²) in [4.78, 5) is 27.2. The highest BCUT2D eigenvalue weighted by Crippen LogP contribution is 2.09. The standard InChI is InChI=1S/C13H14N4O3S/c1-9-6-11(17-20-9)16-13(19)8-21-7-12(18)15-10-4-2-3-5-14-10/h2-6H,7-8H2,1H3,(H,14,15,18)(H,16,17,19). The van der Waals surface area contributed by atoms with Gasteiger partial charge in [-0.3, -0.25) is 9.59 Å². The quantitative estimate of drug-likeness (QED) is 0.843. The lowest BCUT2D eigenvalue weighted by molar-refractivity contribution is -0.114. The first kappa shape index (κ1) is 15.0. The zero-order valence-corrected chi connectivity index (χ0v) is 12.1. The van der Waals surface area contributed by atoms with Gasteiger partial charge in [-0.25, -0.2) is 4.98 Å². The fourth-order valence-electron chi connectivity index (χ4n) is 1.46. The van der Waals surface area contributed by atoms with Crippen molar-refractivity contribution in [1.29, 1.82) is 0 Å². The van der Waals surface area contributed by atoms with Crippen molar-refractivity contribution in [3.63, 3.8) is 0 Å². The summed E-state index contributed by atoms with van der Waals surface area (Å²) in [6.07, 6.45) is 1.59. The van der Waals surface area contributed by atoms with Crippen LogP contribution in [0.3, 0.4) is 0 Å². The molecule has 0 spiro atoms. The number of thioether (sulfide) groups is 1. The fraction of sp³-hybridized carbons (Fsp3) is 0.231. The van der Waals surface area contributed by atoms with E-state index in [-0.39, 0.29) is 23.3 Å². The third kappa shape index (κ3) is 5.27. The highest BCUT2D eigenvalue weighted by atomic mass is 32.2. The molecule has 0 unspecified atom stereocenters. The number of amides is 2. The molecule has 0 saturated heterocycles. The van der Waals surface area contributed by atoms with Gasteiger partial charge in [0.15, 0.2) is 5.82 Å². The van der Waals surface area contributed by atoms with E-state index >= 15 is 0 Å². The van der Waals surface area contributed by atoms with Crippen LogP contribution in [-0.2, 0) is 9.59 Å². The van der Waals surface area contributed by atoms with E-state index in [0.29, 0.717) is 17.4 Å². The van der Waals surface area contributed by atoms with Gasteiger partial charge in [-0.1, -0.05) is 11.2 Å². The van der Waals surface area contributed by atoms with Crippen LogP contribution in [-0.4, -0.2) is 33.5 Å². The Morgan fingerprint density at radius 2 is 1.90 bits per heavy atom. The average molecular weight is 306 g/mol. The topological polar surface area (TPSA) is 97.1 Å². The number of nitrogens with one attached hydrogen (secondary N) is 2. The second-order valence-corrected chi connectivity index (χ2v) is 5.11. The molecule has 0 atom stereocenters. The molecule has 2 amide bonds. The van der Waals surface area contributed by atoms with E-state index in [4.69, 9.17) is 4.52 Å². The third-order valence-electron chi connectivity index (χ3n) is 2.29. The van der Waals surface area contributed by atoms with Crippen LogP contribution in [0.4, 0.5) is 11.6 Å². The van der Waals surface area contributed by atoms with E-state index in [9.17, 15) is 9.59 Å². The highest BCUT2D eigenvalue weighted by Gasteiger charge is 2.08. The van der Waals surface area contributed by atoms with Gasteiger partial charge in [0, 0.05) is 12.3 Å². The van der Waals surface area contributed by atoms with Gasteiger partial charge in [0.05, 0.1) is 11.5 Å². The van der Waals surface area contributed by atoms with Crippen LogP contribution in [0.1, 0.15) is 5.76 Å². The maximum absolute atomic E-state index is 11.6. The van der Waals surface area contributed by atoms with Crippen LogP contribution in [0.5, 0.6) is 0 Å². The summed E-state index contributed by atoms with van der Waals surface area (Å²) < 4.78 is 4.83. The van der Waals surface area contributed by atoms with Crippen molar-refractivity contribution >= 4 is 35.2 Å². The first-order valence-electron chi connectivity index (χ1n) is 6.15. The Balaban J connectivity index is 1.67. The Morgan fingerprint density at radius 1 is 1.19 bits per heavy atom. The molecule has 2 aromatic heterocycles. The second kappa shape index (κ2) is 7.44. The number of hydrogen-bond acceptors (Lipinski definition) is 6. The molecule has 7 nitrogen and oxygen atoms in total. The van der Waals surface area contributed by atoms with Crippen LogP contribution in [0, 0.1) is 6.92 Å². The molecule has 0 fully saturated rings. The lowest BCUT2D eigenvalue weighted by Gasteiger charge is -2.04. The number of anilines is 2. The van der Waals surface area contributed by atoms with E-state index in [2.05, 4.69) is 20.8 Å². The van der Waals surface area contributed by atoms with Gasteiger partial charge >= 0.3 is 0 Å². The summed E-state index contributed by atoms with van der Waals surface area (Å²) in [5.74, 6) is 1.36. The Hall–Kier alpha value is -2.35. The van der Waals surface area contributed by atoms with Crippen molar-refractivity contribution in [2.45, 2.75) is 6.92 Å². The molecule has 0 radical (unpaired) electrons. The number of carbonyl (C=O) groups excluding carboxylic acids is 2.